The van der Waals surface area contributed by atoms with Crippen LogP contribution in [0.4, 0.5) is 0 Å². The van der Waals surface area contributed by atoms with Crippen molar-refractivity contribution < 1.29 is 14.6 Å². The lowest BCUT2D eigenvalue weighted by Gasteiger charge is -2.04. The van der Waals surface area contributed by atoms with Crippen molar-refractivity contribution in [3.05, 3.63) is 23.8 Å². The van der Waals surface area contributed by atoms with Crippen LogP contribution in [-0.4, -0.2) is 26.0 Å². The van der Waals surface area contributed by atoms with E-state index in [0.717, 1.165) is 0 Å². The van der Waals surface area contributed by atoms with Gasteiger partial charge in [-0.2, -0.15) is 0 Å². The molecule has 0 heterocycles. The van der Waals surface area contributed by atoms with Gasteiger partial charge in [-0.3, -0.25) is 0 Å². The lowest BCUT2D eigenvalue weighted by Crippen LogP contribution is -2.09. The Morgan fingerprint density at radius 2 is 2.25 bits per heavy atom. The van der Waals surface area contributed by atoms with E-state index >= 15 is 0 Å². The van der Waals surface area contributed by atoms with Gasteiger partial charge in [0.1, 0.15) is 13.6 Å². The quantitative estimate of drug-likeness (QED) is 0.631. The Kier molecular flexibility index (Phi) is 2.38. The van der Waals surface area contributed by atoms with Gasteiger partial charge in [0.25, 0.3) is 0 Å². The first-order valence-corrected chi connectivity index (χ1v) is 3.32. The molecule has 0 spiro atoms. The Morgan fingerprint density at radius 1 is 1.58 bits per heavy atom. The maximum atomic E-state index is 10.5. The predicted molar refractivity (Wildman–Crippen MR) is 45.3 cm³/mol. The average Bonchev–Trinajstić information content (AvgIpc) is 2.05. The summed E-state index contributed by atoms with van der Waals surface area (Å²) in [6, 6.07) is 4.32. The Labute approximate surface area is 71.4 Å². The second-order valence-electron chi connectivity index (χ2n) is 2.26. The number of aromatic carboxylic acids is 1. The van der Waals surface area contributed by atoms with E-state index in [4.69, 9.17) is 17.7 Å². The Bertz CT molecular complexity index is 309. The van der Waals surface area contributed by atoms with Crippen LogP contribution < -0.4 is 10.2 Å². The third kappa shape index (κ3) is 1.58. The zero-order valence-corrected chi connectivity index (χ0v) is 6.57. The van der Waals surface area contributed by atoms with E-state index in [0.29, 0.717) is 11.2 Å². The third-order valence-electron chi connectivity index (χ3n) is 1.48. The first kappa shape index (κ1) is 8.65. The van der Waals surface area contributed by atoms with Crippen molar-refractivity contribution in [2.75, 3.05) is 7.11 Å². The van der Waals surface area contributed by atoms with Crippen LogP contribution in [0.2, 0.25) is 0 Å². The molecule has 1 aromatic rings. The summed E-state index contributed by atoms with van der Waals surface area (Å²) in [5.41, 5.74) is 0.601. The maximum Gasteiger partial charge on any atom is 0.335 e. The largest absolute Gasteiger partial charge is 0.497 e. The highest BCUT2D eigenvalue weighted by Crippen LogP contribution is 2.08. The molecule has 0 saturated heterocycles. The third-order valence-corrected chi connectivity index (χ3v) is 1.48. The summed E-state index contributed by atoms with van der Waals surface area (Å²) in [5.74, 6) is -0.608. The van der Waals surface area contributed by atoms with Gasteiger partial charge in [-0.25, -0.2) is 4.79 Å². The molecule has 0 aliphatic heterocycles. The van der Waals surface area contributed by atoms with Crippen molar-refractivity contribution in [1.82, 2.24) is 0 Å². The molecule has 0 aliphatic carbocycles. The minimum atomic E-state index is -0.992. The molecule has 4 heteroatoms. The molecule has 0 saturated carbocycles. The summed E-state index contributed by atoms with van der Waals surface area (Å²) in [5, 5.41) is 8.60. The Hall–Kier alpha value is -1.45. The van der Waals surface area contributed by atoms with Crippen LogP contribution in [0.1, 0.15) is 10.4 Å². The van der Waals surface area contributed by atoms with Crippen LogP contribution in [0.15, 0.2) is 18.2 Å². The fourth-order valence-electron chi connectivity index (χ4n) is 0.844. The smallest absolute Gasteiger partial charge is 0.335 e. The molecule has 1 aromatic carbocycles. The topological polar surface area (TPSA) is 46.5 Å². The molecule has 1 rings (SSSR count). The molecule has 3 nitrogen and oxygen atoms in total. The Balaban J connectivity index is 3.13. The molecule has 2 radical (unpaired) electrons. The highest BCUT2D eigenvalue weighted by molar-refractivity contribution is 6.34. The van der Waals surface area contributed by atoms with E-state index in [2.05, 4.69) is 0 Å². The van der Waals surface area contributed by atoms with E-state index in [1.807, 2.05) is 0 Å². The molecule has 0 unspecified atom stereocenters. The van der Waals surface area contributed by atoms with E-state index in [1.54, 1.807) is 0 Å². The predicted octanol–water partition coefficient (Wildman–Crippen LogP) is 0.187. The molecule has 0 aliphatic rings. The molecule has 0 bridgehead atoms. The van der Waals surface area contributed by atoms with E-state index < -0.39 is 5.97 Å². The second kappa shape index (κ2) is 3.30. The number of carboxylic acid groups (broad SMARTS) is 1. The summed E-state index contributed by atoms with van der Waals surface area (Å²) in [6.07, 6.45) is 0. The minimum absolute atomic E-state index is 0.168. The van der Waals surface area contributed by atoms with Crippen molar-refractivity contribution in [2.45, 2.75) is 0 Å². The first-order valence-electron chi connectivity index (χ1n) is 3.32. The first-order chi connectivity index (χ1) is 5.65. The number of rotatable bonds is 2. The number of methoxy groups -OCH3 is 1. The van der Waals surface area contributed by atoms with Gasteiger partial charge in [0.15, 0.2) is 0 Å². The number of hydrogen-bond acceptors (Lipinski definition) is 2. The van der Waals surface area contributed by atoms with Crippen molar-refractivity contribution in [2.24, 2.45) is 0 Å². The number of hydrogen-bond donors (Lipinski definition) is 1. The highest BCUT2D eigenvalue weighted by atomic mass is 16.5. The molecule has 0 amide bonds. The molecular formula is C8H7BO3. The van der Waals surface area contributed by atoms with Crippen LogP contribution in [0.25, 0.3) is 0 Å². The van der Waals surface area contributed by atoms with Crippen LogP contribution in [-0.2, 0) is 0 Å². The number of ether oxygens (including phenoxy) is 1. The lowest BCUT2D eigenvalue weighted by molar-refractivity contribution is 0.0696. The molecular weight excluding hydrogens is 155 g/mol. The van der Waals surface area contributed by atoms with E-state index in [9.17, 15) is 4.79 Å². The number of carbonyl (C=O) groups is 1. The molecule has 1 N–H and O–H groups in total. The monoisotopic (exact) mass is 162 g/mol. The van der Waals surface area contributed by atoms with Crippen LogP contribution in [0.5, 0.6) is 5.75 Å². The summed E-state index contributed by atoms with van der Waals surface area (Å²) in [6.45, 7) is 0. The molecule has 0 fully saturated rings. The van der Waals surface area contributed by atoms with Crippen molar-refractivity contribution in [1.29, 1.82) is 0 Å². The van der Waals surface area contributed by atoms with Gasteiger partial charge in [-0.1, -0.05) is 11.5 Å². The fraction of sp³-hybridized carbons (Fsp3) is 0.125. The summed E-state index contributed by atoms with van der Waals surface area (Å²) < 4.78 is 4.85. The maximum absolute atomic E-state index is 10.5. The second-order valence-corrected chi connectivity index (χ2v) is 2.26. The Morgan fingerprint density at radius 3 is 2.75 bits per heavy atom. The van der Waals surface area contributed by atoms with Crippen LogP contribution in [0.3, 0.4) is 0 Å². The molecule has 0 atom stereocenters. The average molecular weight is 162 g/mol. The summed E-state index contributed by atoms with van der Waals surface area (Å²) >= 11 is 0. The zero-order valence-electron chi connectivity index (χ0n) is 6.57. The van der Waals surface area contributed by atoms with Crippen molar-refractivity contribution in [3.63, 3.8) is 0 Å². The molecule has 12 heavy (non-hydrogen) atoms. The van der Waals surface area contributed by atoms with E-state index in [1.165, 1.54) is 25.3 Å². The minimum Gasteiger partial charge on any atom is -0.497 e. The van der Waals surface area contributed by atoms with Crippen LogP contribution in [0, 0.1) is 0 Å². The van der Waals surface area contributed by atoms with Gasteiger partial charge in [0, 0.05) is 0 Å². The van der Waals surface area contributed by atoms with Crippen LogP contribution >= 0.6 is 0 Å². The van der Waals surface area contributed by atoms with Gasteiger partial charge >= 0.3 is 5.97 Å². The SMILES string of the molecule is [B]c1ccc(C(=O)O)cc1OC. The van der Waals surface area contributed by atoms with Gasteiger partial charge < -0.3 is 9.84 Å². The fourth-order valence-corrected chi connectivity index (χ4v) is 0.844. The highest BCUT2D eigenvalue weighted by Gasteiger charge is 2.04. The molecule has 0 aromatic heterocycles. The lowest BCUT2D eigenvalue weighted by atomic mass is 9.94. The van der Waals surface area contributed by atoms with Crippen molar-refractivity contribution >= 4 is 19.3 Å². The standard InChI is InChI=1S/C8H7BO3/c1-12-7-4-5(8(10)11)2-3-6(7)9/h2-4H,1H3,(H,10,11). The van der Waals surface area contributed by atoms with Crippen molar-refractivity contribution in [3.8, 4) is 5.75 Å². The zero-order chi connectivity index (χ0) is 9.14. The van der Waals surface area contributed by atoms with Gasteiger partial charge in [-0.05, 0) is 12.1 Å². The summed E-state index contributed by atoms with van der Waals surface area (Å²) in [4.78, 5) is 10.5. The van der Waals surface area contributed by atoms with E-state index in [-0.39, 0.29) is 5.56 Å². The number of benzene rings is 1. The summed E-state index contributed by atoms with van der Waals surface area (Å²) in [7, 11) is 6.92. The van der Waals surface area contributed by atoms with Gasteiger partial charge in [0.2, 0.25) is 0 Å². The van der Waals surface area contributed by atoms with Gasteiger partial charge in [0.05, 0.1) is 12.7 Å². The number of carboxylic acids is 1. The normalized spacial score (nSPS) is 9.42. The van der Waals surface area contributed by atoms with Gasteiger partial charge in [-0.15, -0.1) is 0 Å². The molecule has 60 valence electrons.